The first kappa shape index (κ1) is 14.9. The van der Waals surface area contributed by atoms with E-state index < -0.39 is 5.97 Å². The summed E-state index contributed by atoms with van der Waals surface area (Å²) in [6.45, 7) is 2.02. The topological polar surface area (TPSA) is 46.5 Å². The molecule has 0 aliphatic heterocycles. The van der Waals surface area contributed by atoms with Crippen molar-refractivity contribution in [2.24, 2.45) is 0 Å². The van der Waals surface area contributed by atoms with Gasteiger partial charge in [0.1, 0.15) is 11.5 Å². The number of hydrogen-bond acceptors (Lipinski definition) is 2. The summed E-state index contributed by atoms with van der Waals surface area (Å²) in [6, 6.07) is 10.1. The number of rotatable bonds is 4. The van der Waals surface area contributed by atoms with Crippen molar-refractivity contribution in [3.8, 4) is 11.5 Å². The molecule has 0 aliphatic rings. The van der Waals surface area contributed by atoms with Gasteiger partial charge in [0.05, 0.1) is 10.0 Å². The summed E-state index contributed by atoms with van der Waals surface area (Å²) in [6.07, 6.45) is 0.815. The number of carboxylic acids is 1. The van der Waals surface area contributed by atoms with Gasteiger partial charge in [-0.2, -0.15) is 0 Å². The van der Waals surface area contributed by atoms with Gasteiger partial charge in [0.2, 0.25) is 0 Å². The second kappa shape index (κ2) is 6.29. The number of hydrogen-bond donors (Lipinski definition) is 1. The van der Waals surface area contributed by atoms with E-state index in [0.717, 1.165) is 12.0 Å². The van der Waals surface area contributed by atoms with Crippen LogP contribution in [0.4, 0.5) is 0 Å². The number of carboxylic acid groups (broad SMARTS) is 1. The maximum atomic E-state index is 10.9. The van der Waals surface area contributed by atoms with Gasteiger partial charge >= 0.3 is 5.97 Å². The number of ether oxygens (including phenoxy) is 1. The van der Waals surface area contributed by atoms with Crippen LogP contribution in [0.3, 0.4) is 0 Å². The van der Waals surface area contributed by atoms with Crippen LogP contribution in [-0.4, -0.2) is 11.1 Å². The highest BCUT2D eigenvalue weighted by molar-refractivity contribution is 9.10. The van der Waals surface area contributed by atoms with E-state index in [0.29, 0.717) is 21.0 Å². The van der Waals surface area contributed by atoms with Crippen LogP contribution in [0.1, 0.15) is 22.8 Å². The Labute approximate surface area is 130 Å². The lowest BCUT2D eigenvalue weighted by atomic mass is 10.1. The highest BCUT2D eigenvalue weighted by Gasteiger charge is 2.09. The van der Waals surface area contributed by atoms with E-state index in [4.69, 9.17) is 21.4 Å². The molecular formula is C15H12BrClO3. The summed E-state index contributed by atoms with van der Waals surface area (Å²) in [5.74, 6) is 0.242. The van der Waals surface area contributed by atoms with Crippen LogP contribution in [0, 0.1) is 0 Å². The molecule has 0 unspecified atom stereocenters. The second-order valence-corrected chi connectivity index (χ2v) is 5.42. The smallest absolute Gasteiger partial charge is 0.335 e. The van der Waals surface area contributed by atoms with E-state index in [-0.39, 0.29) is 5.56 Å². The number of carbonyl (C=O) groups is 1. The fraction of sp³-hybridized carbons (Fsp3) is 0.133. The molecule has 3 nitrogen and oxygen atoms in total. The third-order valence-corrected chi connectivity index (χ3v) is 3.79. The van der Waals surface area contributed by atoms with Gasteiger partial charge in [-0.1, -0.05) is 18.5 Å². The number of aryl methyl sites for hydroxylation is 1. The Bertz CT molecular complexity index is 656. The highest BCUT2D eigenvalue weighted by Crippen LogP contribution is 2.32. The van der Waals surface area contributed by atoms with Gasteiger partial charge in [-0.3, -0.25) is 0 Å². The predicted molar refractivity (Wildman–Crippen MR) is 82.0 cm³/mol. The zero-order valence-electron chi connectivity index (χ0n) is 10.7. The highest BCUT2D eigenvalue weighted by atomic mass is 79.9. The quantitative estimate of drug-likeness (QED) is 0.824. The Morgan fingerprint density at radius 3 is 2.65 bits per heavy atom. The van der Waals surface area contributed by atoms with Crippen molar-refractivity contribution in [2.45, 2.75) is 13.3 Å². The Kier molecular flexibility index (Phi) is 4.68. The largest absolute Gasteiger partial charge is 0.478 e. The summed E-state index contributed by atoms with van der Waals surface area (Å²) in [4.78, 5) is 10.9. The molecule has 0 aromatic heterocycles. The molecule has 0 saturated heterocycles. The lowest BCUT2D eigenvalue weighted by Gasteiger charge is -2.10. The van der Waals surface area contributed by atoms with E-state index in [2.05, 4.69) is 15.9 Å². The van der Waals surface area contributed by atoms with Crippen LogP contribution in [0.15, 0.2) is 40.9 Å². The van der Waals surface area contributed by atoms with Gasteiger partial charge in [-0.15, -0.1) is 0 Å². The summed E-state index contributed by atoms with van der Waals surface area (Å²) >= 11 is 9.36. The molecule has 104 valence electrons. The Hall–Kier alpha value is -1.52. The van der Waals surface area contributed by atoms with Crippen molar-refractivity contribution in [2.75, 3.05) is 0 Å². The third kappa shape index (κ3) is 3.32. The van der Waals surface area contributed by atoms with Crippen molar-refractivity contribution in [3.63, 3.8) is 0 Å². The van der Waals surface area contributed by atoms with Crippen LogP contribution in [0.5, 0.6) is 11.5 Å². The van der Waals surface area contributed by atoms with Gasteiger partial charge in [0.25, 0.3) is 0 Å². The van der Waals surface area contributed by atoms with Gasteiger partial charge in [0, 0.05) is 5.02 Å². The van der Waals surface area contributed by atoms with Gasteiger partial charge < -0.3 is 9.84 Å². The molecule has 0 saturated carbocycles. The molecule has 0 amide bonds. The van der Waals surface area contributed by atoms with Gasteiger partial charge in [-0.25, -0.2) is 4.79 Å². The molecule has 2 aromatic rings. The molecular weight excluding hydrogens is 344 g/mol. The first-order chi connectivity index (χ1) is 9.51. The average molecular weight is 356 g/mol. The molecule has 0 radical (unpaired) electrons. The fourth-order valence-corrected chi connectivity index (χ4v) is 2.44. The molecule has 0 heterocycles. The summed E-state index contributed by atoms with van der Waals surface area (Å²) < 4.78 is 6.33. The van der Waals surface area contributed by atoms with E-state index in [9.17, 15) is 4.79 Å². The standard InChI is InChI=1S/C15H12BrClO3/c1-2-9-7-11(4-5-13(9)17)20-14-6-3-10(15(18)19)8-12(14)16/h3-8H,2H2,1H3,(H,18,19). The SMILES string of the molecule is CCc1cc(Oc2ccc(C(=O)O)cc2Br)ccc1Cl. The lowest BCUT2D eigenvalue weighted by Crippen LogP contribution is -1.96. The molecule has 0 atom stereocenters. The monoisotopic (exact) mass is 354 g/mol. The molecule has 0 spiro atoms. The first-order valence-electron chi connectivity index (χ1n) is 6.00. The zero-order valence-corrected chi connectivity index (χ0v) is 13.0. The van der Waals surface area contributed by atoms with Crippen molar-refractivity contribution >= 4 is 33.5 Å². The van der Waals surface area contributed by atoms with Crippen LogP contribution >= 0.6 is 27.5 Å². The Balaban J connectivity index is 2.28. The first-order valence-corrected chi connectivity index (χ1v) is 7.17. The fourth-order valence-electron chi connectivity index (χ4n) is 1.73. The second-order valence-electron chi connectivity index (χ2n) is 4.16. The lowest BCUT2D eigenvalue weighted by molar-refractivity contribution is 0.0697. The van der Waals surface area contributed by atoms with Crippen LogP contribution in [-0.2, 0) is 6.42 Å². The summed E-state index contributed by atoms with van der Waals surface area (Å²) in [7, 11) is 0. The van der Waals surface area contributed by atoms with Crippen LogP contribution in [0.25, 0.3) is 0 Å². The predicted octanol–water partition coefficient (Wildman–Crippen LogP) is 5.16. The van der Waals surface area contributed by atoms with Crippen molar-refractivity contribution in [1.29, 1.82) is 0 Å². The molecule has 20 heavy (non-hydrogen) atoms. The molecule has 0 aliphatic carbocycles. The molecule has 1 N–H and O–H groups in total. The van der Waals surface area contributed by atoms with E-state index >= 15 is 0 Å². The van der Waals surface area contributed by atoms with Gasteiger partial charge in [-0.05, 0) is 64.3 Å². The maximum Gasteiger partial charge on any atom is 0.335 e. The normalized spacial score (nSPS) is 10.3. The van der Waals surface area contributed by atoms with E-state index in [1.165, 1.54) is 12.1 Å². The maximum absolute atomic E-state index is 10.9. The Morgan fingerprint density at radius 1 is 1.30 bits per heavy atom. The molecule has 0 fully saturated rings. The minimum absolute atomic E-state index is 0.203. The number of benzene rings is 2. The average Bonchev–Trinajstić information content (AvgIpc) is 2.42. The molecule has 0 bridgehead atoms. The number of aromatic carboxylic acids is 1. The van der Waals surface area contributed by atoms with Crippen molar-refractivity contribution in [1.82, 2.24) is 0 Å². The van der Waals surface area contributed by atoms with E-state index in [1.54, 1.807) is 18.2 Å². The third-order valence-electron chi connectivity index (χ3n) is 2.80. The van der Waals surface area contributed by atoms with E-state index in [1.807, 2.05) is 13.0 Å². The van der Waals surface area contributed by atoms with Crippen molar-refractivity contribution < 1.29 is 14.6 Å². The van der Waals surface area contributed by atoms with Crippen LogP contribution in [0.2, 0.25) is 5.02 Å². The zero-order chi connectivity index (χ0) is 14.7. The minimum atomic E-state index is -0.975. The van der Waals surface area contributed by atoms with Crippen LogP contribution < -0.4 is 4.74 Å². The molecule has 5 heteroatoms. The summed E-state index contributed by atoms with van der Waals surface area (Å²) in [5.41, 5.74) is 1.21. The Morgan fingerprint density at radius 2 is 2.05 bits per heavy atom. The molecule has 2 aromatic carbocycles. The van der Waals surface area contributed by atoms with Crippen molar-refractivity contribution in [3.05, 3.63) is 57.0 Å². The molecule has 2 rings (SSSR count). The number of halogens is 2. The summed E-state index contributed by atoms with van der Waals surface area (Å²) in [5, 5.41) is 9.62. The van der Waals surface area contributed by atoms with Gasteiger partial charge in [0.15, 0.2) is 0 Å². The minimum Gasteiger partial charge on any atom is -0.478 e.